The average Bonchev–Trinajstić information content (AvgIpc) is 2.70. The summed E-state index contributed by atoms with van der Waals surface area (Å²) in [7, 11) is 0. The number of nitro benzene ring substituents is 1. The zero-order valence-corrected chi connectivity index (χ0v) is 10.0. The highest BCUT2D eigenvalue weighted by Gasteiger charge is 2.30. The van der Waals surface area contributed by atoms with Gasteiger partial charge < -0.3 is 11.2 Å². The molecule has 18 heavy (non-hydrogen) atoms. The van der Waals surface area contributed by atoms with Crippen LogP contribution in [0.2, 0.25) is 0 Å². The predicted octanol–water partition coefficient (Wildman–Crippen LogP) is 0.599. The van der Waals surface area contributed by atoms with Gasteiger partial charge in [0.25, 0.3) is 5.69 Å². The number of nitrogens with one attached hydrogen (secondary N) is 1. The number of benzene rings is 1. The van der Waals surface area contributed by atoms with E-state index in [1.807, 2.05) is 0 Å². The minimum absolute atomic E-state index is 0.0172. The van der Waals surface area contributed by atoms with Crippen molar-refractivity contribution in [2.24, 2.45) is 10.9 Å². The predicted molar refractivity (Wildman–Crippen MR) is 67.9 cm³/mol. The van der Waals surface area contributed by atoms with E-state index in [4.69, 9.17) is 5.84 Å². The molecule has 0 spiro atoms. The van der Waals surface area contributed by atoms with Crippen molar-refractivity contribution in [3.8, 4) is 0 Å². The maximum Gasteiger partial charge on any atom is 0.269 e. The lowest BCUT2D eigenvalue weighted by atomic mass is 10.1. The molecule has 0 radical (unpaired) electrons. The van der Waals surface area contributed by atoms with Gasteiger partial charge >= 0.3 is 0 Å². The molecule has 1 heterocycles. The van der Waals surface area contributed by atoms with Crippen LogP contribution in [0.3, 0.4) is 0 Å². The summed E-state index contributed by atoms with van der Waals surface area (Å²) in [5.41, 5.74) is 0.749. The van der Waals surface area contributed by atoms with Crippen LogP contribution in [-0.2, 0) is 11.2 Å². The van der Waals surface area contributed by atoms with Crippen molar-refractivity contribution in [1.82, 2.24) is 5.32 Å². The normalized spacial score (nSPS) is 21.0. The second-order valence-electron chi connectivity index (χ2n) is 3.66. The Morgan fingerprint density at radius 2 is 2.33 bits per heavy atom. The van der Waals surface area contributed by atoms with E-state index in [0.717, 1.165) is 5.56 Å². The number of rotatable bonds is 3. The highest BCUT2D eigenvalue weighted by atomic mass is 32.2. The van der Waals surface area contributed by atoms with E-state index in [2.05, 4.69) is 10.4 Å². The number of amidine groups is 1. The fourth-order valence-corrected chi connectivity index (χ4v) is 2.54. The van der Waals surface area contributed by atoms with Gasteiger partial charge in [-0.1, -0.05) is 23.9 Å². The number of nitrogens with zero attached hydrogens (tertiary/aromatic N) is 2. The number of hydrazone groups is 1. The van der Waals surface area contributed by atoms with E-state index >= 15 is 0 Å². The first kappa shape index (κ1) is 12.4. The zero-order valence-electron chi connectivity index (χ0n) is 9.20. The van der Waals surface area contributed by atoms with Crippen molar-refractivity contribution in [3.63, 3.8) is 0 Å². The third kappa shape index (κ3) is 2.59. The number of amides is 1. The summed E-state index contributed by atoms with van der Waals surface area (Å²) in [6.07, 6.45) is 0.400. The highest BCUT2D eigenvalue weighted by Crippen LogP contribution is 2.24. The van der Waals surface area contributed by atoms with Crippen LogP contribution >= 0.6 is 11.8 Å². The molecule has 1 atom stereocenters. The summed E-state index contributed by atoms with van der Waals surface area (Å²) in [5.74, 6) is 4.89. The number of nitro groups is 1. The highest BCUT2D eigenvalue weighted by molar-refractivity contribution is 8.15. The smallest absolute Gasteiger partial charge is 0.269 e. The molecule has 94 valence electrons. The van der Waals surface area contributed by atoms with Gasteiger partial charge in [-0.3, -0.25) is 14.9 Å². The number of hydrogen-bond acceptors (Lipinski definition) is 6. The van der Waals surface area contributed by atoms with Gasteiger partial charge in [-0.05, 0) is 12.0 Å². The molecule has 0 aromatic heterocycles. The first-order chi connectivity index (χ1) is 8.60. The first-order valence-electron chi connectivity index (χ1n) is 5.09. The fourth-order valence-electron chi connectivity index (χ4n) is 1.61. The summed E-state index contributed by atoms with van der Waals surface area (Å²) < 4.78 is 0. The molecule has 1 aliphatic heterocycles. The van der Waals surface area contributed by atoms with Gasteiger partial charge in [0.15, 0.2) is 5.17 Å². The molecule has 1 aromatic carbocycles. The van der Waals surface area contributed by atoms with Crippen LogP contribution in [0.25, 0.3) is 0 Å². The quantitative estimate of drug-likeness (QED) is 0.473. The van der Waals surface area contributed by atoms with Crippen LogP contribution in [-0.4, -0.2) is 21.2 Å². The Balaban J connectivity index is 2.12. The maximum atomic E-state index is 11.6. The van der Waals surface area contributed by atoms with E-state index < -0.39 is 4.92 Å². The molecule has 0 saturated carbocycles. The molecular weight excluding hydrogens is 256 g/mol. The van der Waals surface area contributed by atoms with Crippen molar-refractivity contribution in [1.29, 1.82) is 0 Å². The first-order valence-corrected chi connectivity index (χ1v) is 5.97. The molecule has 1 fully saturated rings. The van der Waals surface area contributed by atoms with E-state index in [1.165, 1.54) is 23.9 Å². The molecule has 0 bridgehead atoms. The minimum atomic E-state index is -0.460. The topological polar surface area (TPSA) is 111 Å². The number of hydrogen-bond donors (Lipinski definition) is 2. The number of carbonyl (C=O) groups is 1. The van der Waals surface area contributed by atoms with E-state index in [9.17, 15) is 14.9 Å². The van der Waals surface area contributed by atoms with Gasteiger partial charge in [-0.25, -0.2) is 0 Å². The van der Waals surface area contributed by atoms with Gasteiger partial charge in [0, 0.05) is 12.1 Å². The molecule has 1 aliphatic rings. The molecular formula is C10H10N4O3S. The fraction of sp³-hybridized carbons (Fsp3) is 0.200. The minimum Gasteiger partial charge on any atom is -0.321 e. The number of non-ortho nitro benzene ring substituents is 1. The molecule has 7 nitrogen and oxygen atoms in total. The molecule has 3 N–H and O–H groups in total. The van der Waals surface area contributed by atoms with E-state index in [0.29, 0.717) is 11.6 Å². The molecule has 1 saturated heterocycles. The van der Waals surface area contributed by atoms with Crippen LogP contribution in [0.4, 0.5) is 5.69 Å². The van der Waals surface area contributed by atoms with Crippen LogP contribution in [0.15, 0.2) is 29.4 Å². The Morgan fingerprint density at radius 1 is 1.56 bits per heavy atom. The van der Waals surface area contributed by atoms with Crippen molar-refractivity contribution in [2.75, 3.05) is 0 Å². The lowest BCUT2D eigenvalue weighted by molar-refractivity contribution is -0.384. The second kappa shape index (κ2) is 5.05. The Morgan fingerprint density at radius 3 is 2.94 bits per heavy atom. The van der Waals surface area contributed by atoms with Gasteiger partial charge in [0.1, 0.15) is 0 Å². The Labute approximate surface area is 107 Å². The molecule has 8 heteroatoms. The monoisotopic (exact) mass is 266 g/mol. The Hall–Kier alpha value is -2.09. The second-order valence-corrected chi connectivity index (χ2v) is 4.85. The molecule has 0 aliphatic carbocycles. The van der Waals surface area contributed by atoms with Crippen molar-refractivity contribution >= 4 is 28.5 Å². The van der Waals surface area contributed by atoms with Crippen LogP contribution in [0.1, 0.15) is 5.56 Å². The standard InChI is InChI=1S/C10H10N4O3S/c11-13-10-12-9(15)8(18-10)5-6-2-1-3-7(4-6)14(16)17/h1-4,8H,5,11H2,(H,12,13,15)/t8-/m0/s1. The van der Waals surface area contributed by atoms with Crippen LogP contribution in [0.5, 0.6) is 0 Å². The summed E-state index contributed by atoms with van der Waals surface area (Å²) in [6, 6.07) is 6.23. The van der Waals surface area contributed by atoms with Gasteiger partial charge in [0.05, 0.1) is 10.2 Å². The van der Waals surface area contributed by atoms with E-state index in [-0.39, 0.29) is 16.8 Å². The number of carbonyl (C=O) groups excluding carboxylic acids is 1. The van der Waals surface area contributed by atoms with Crippen molar-refractivity contribution in [2.45, 2.75) is 11.7 Å². The third-order valence-electron chi connectivity index (χ3n) is 2.44. The van der Waals surface area contributed by atoms with Crippen LogP contribution in [0, 0.1) is 10.1 Å². The maximum absolute atomic E-state index is 11.6. The summed E-state index contributed by atoms with van der Waals surface area (Å²) in [6.45, 7) is 0. The summed E-state index contributed by atoms with van der Waals surface area (Å²) >= 11 is 1.22. The summed E-state index contributed by atoms with van der Waals surface area (Å²) in [5, 5.41) is 16.6. The Kier molecular flexibility index (Phi) is 3.47. The number of nitrogens with two attached hydrogens (primary N) is 1. The lowest BCUT2D eigenvalue weighted by Gasteiger charge is -2.04. The SMILES string of the molecule is N/N=C1\NC(=O)[C@H](Cc2cccc([N+](=O)[O-])c2)S1. The summed E-state index contributed by atoms with van der Waals surface area (Å²) in [4.78, 5) is 21.7. The lowest BCUT2D eigenvalue weighted by Crippen LogP contribution is -2.26. The van der Waals surface area contributed by atoms with Gasteiger partial charge in [-0.2, -0.15) is 5.10 Å². The van der Waals surface area contributed by atoms with E-state index in [1.54, 1.807) is 12.1 Å². The largest absolute Gasteiger partial charge is 0.321 e. The van der Waals surface area contributed by atoms with Gasteiger partial charge in [-0.15, -0.1) is 0 Å². The molecule has 2 rings (SSSR count). The van der Waals surface area contributed by atoms with Crippen LogP contribution < -0.4 is 11.2 Å². The van der Waals surface area contributed by atoms with Crippen molar-refractivity contribution < 1.29 is 9.72 Å². The van der Waals surface area contributed by atoms with Gasteiger partial charge in [0.2, 0.25) is 5.91 Å². The van der Waals surface area contributed by atoms with Crippen molar-refractivity contribution in [3.05, 3.63) is 39.9 Å². The third-order valence-corrected chi connectivity index (χ3v) is 3.53. The molecule has 1 amide bonds. The zero-order chi connectivity index (χ0) is 13.1. The number of thioether (sulfide) groups is 1. The molecule has 1 aromatic rings. The molecule has 0 unspecified atom stereocenters. The Bertz CT molecular complexity index is 532. The average molecular weight is 266 g/mol.